The van der Waals surface area contributed by atoms with Crippen LogP contribution in [0.3, 0.4) is 0 Å². The Balaban J connectivity index is 1.92. The zero-order valence-corrected chi connectivity index (χ0v) is 15.7. The summed E-state index contributed by atoms with van der Waals surface area (Å²) in [6.07, 6.45) is 0. The second-order valence-electron chi connectivity index (χ2n) is 6.02. The highest BCUT2D eigenvalue weighted by Crippen LogP contribution is 2.23. The molecule has 0 unspecified atom stereocenters. The molecule has 3 aromatic carbocycles. The first-order chi connectivity index (χ1) is 13.0. The van der Waals surface area contributed by atoms with Gasteiger partial charge in [0.25, 0.3) is 10.0 Å². The van der Waals surface area contributed by atoms with E-state index in [1.54, 1.807) is 54.6 Å². The standard InChI is InChI=1S/C21H20N2O3S/c1-17-10-8-9-15-20(17)22-21(24)16-23(18-11-4-2-5-12-18)27(25,26)19-13-6-3-7-14-19/h2-15H,16H2,1H3,(H,22,24). The molecule has 0 atom stereocenters. The molecular formula is C21H20N2O3S. The van der Waals surface area contributed by atoms with Gasteiger partial charge in [-0.25, -0.2) is 8.42 Å². The number of carbonyl (C=O) groups excluding carboxylic acids is 1. The van der Waals surface area contributed by atoms with Crippen LogP contribution in [-0.2, 0) is 14.8 Å². The first kappa shape index (κ1) is 18.7. The van der Waals surface area contributed by atoms with E-state index in [2.05, 4.69) is 5.32 Å². The Morgan fingerprint density at radius 2 is 1.41 bits per heavy atom. The highest BCUT2D eigenvalue weighted by Gasteiger charge is 2.27. The van der Waals surface area contributed by atoms with E-state index in [-0.39, 0.29) is 11.4 Å². The summed E-state index contributed by atoms with van der Waals surface area (Å²) in [7, 11) is -3.88. The fourth-order valence-electron chi connectivity index (χ4n) is 2.66. The Kier molecular flexibility index (Phi) is 5.57. The van der Waals surface area contributed by atoms with E-state index >= 15 is 0 Å². The van der Waals surface area contributed by atoms with Crippen molar-refractivity contribution in [2.24, 2.45) is 0 Å². The molecule has 0 heterocycles. The molecule has 3 rings (SSSR count). The number of hydrogen-bond acceptors (Lipinski definition) is 3. The number of sulfonamides is 1. The second-order valence-corrected chi connectivity index (χ2v) is 7.89. The van der Waals surface area contributed by atoms with Gasteiger partial charge in [-0.1, -0.05) is 54.6 Å². The van der Waals surface area contributed by atoms with Gasteiger partial charge in [-0.05, 0) is 42.8 Å². The molecule has 27 heavy (non-hydrogen) atoms. The van der Waals surface area contributed by atoms with Crippen molar-refractivity contribution < 1.29 is 13.2 Å². The van der Waals surface area contributed by atoms with Crippen molar-refractivity contribution in [3.05, 3.63) is 90.5 Å². The zero-order valence-electron chi connectivity index (χ0n) is 14.9. The van der Waals surface area contributed by atoms with Gasteiger partial charge in [0.05, 0.1) is 10.6 Å². The number of amides is 1. The number of para-hydroxylation sites is 2. The Labute approximate surface area is 159 Å². The summed E-state index contributed by atoms with van der Waals surface area (Å²) >= 11 is 0. The SMILES string of the molecule is Cc1ccccc1NC(=O)CN(c1ccccc1)S(=O)(=O)c1ccccc1. The maximum Gasteiger partial charge on any atom is 0.264 e. The van der Waals surface area contributed by atoms with E-state index in [4.69, 9.17) is 0 Å². The van der Waals surface area contributed by atoms with Crippen LogP contribution in [0.2, 0.25) is 0 Å². The van der Waals surface area contributed by atoms with E-state index in [1.165, 1.54) is 12.1 Å². The first-order valence-electron chi connectivity index (χ1n) is 8.47. The Morgan fingerprint density at radius 1 is 0.852 bits per heavy atom. The van der Waals surface area contributed by atoms with Crippen molar-refractivity contribution in [2.75, 3.05) is 16.2 Å². The largest absolute Gasteiger partial charge is 0.324 e. The minimum Gasteiger partial charge on any atom is -0.324 e. The van der Waals surface area contributed by atoms with Crippen LogP contribution in [0.1, 0.15) is 5.56 Å². The summed E-state index contributed by atoms with van der Waals surface area (Å²) in [6, 6.07) is 24.1. The van der Waals surface area contributed by atoms with Gasteiger partial charge < -0.3 is 5.32 Å². The second kappa shape index (κ2) is 8.05. The van der Waals surface area contributed by atoms with E-state index in [9.17, 15) is 13.2 Å². The molecule has 0 aromatic heterocycles. The van der Waals surface area contributed by atoms with Crippen LogP contribution in [0, 0.1) is 6.92 Å². The van der Waals surface area contributed by atoms with Crippen LogP contribution >= 0.6 is 0 Å². The maximum atomic E-state index is 13.1. The monoisotopic (exact) mass is 380 g/mol. The van der Waals surface area contributed by atoms with Crippen LogP contribution in [0.25, 0.3) is 0 Å². The summed E-state index contributed by atoms with van der Waals surface area (Å²) in [5.41, 5.74) is 2.00. The molecule has 1 N–H and O–H groups in total. The lowest BCUT2D eigenvalue weighted by atomic mass is 10.2. The molecule has 0 radical (unpaired) electrons. The molecule has 1 amide bonds. The first-order valence-corrected chi connectivity index (χ1v) is 9.91. The molecule has 0 spiro atoms. The predicted octanol–water partition coefficient (Wildman–Crippen LogP) is 3.83. The van der Waals surface area contributed by atoms with Crippen molar-refractivity contribution >= 4 is 27.3 Å². The fourth-order valence-corrected chi connectivity index (χ4v) is 4.10. The van der Waals surface area contributed by atoms with E-state index in [0.29, 0.717) is 11.4 Å². The topological polar surface area (TPSA) is 66.5 Å². The van der Waals surface area contributed by atoms with Crippen LogP contribution in [0.4, 0.5) is 11.4 Å². The van der Waals surface area contributed by atoms with E-state index < -0.39 is 15.9 Å². The van der Waals surface area contributed by atoms with Crippen molar-refractivity contribution in [1.82, 2.24) is 0 Å². The summed E-state index contributed by atoms with van der Waals surface area (Å²) in [5, 5.41) is 2.79. The Morgan fingerprint density at radius 3 is 2.04 bits per heavy atom. The number of carbonyl (C=O) groups is 1. The third-order valence-electron chi connectivity index (χ3n) is 4.08. The lowest BCUT2D eigenvalue weighted by molar-refractivity contribution is -0.114. The number of nitrogens with one attached hydrogen (secondary N) is 1. The minimum absolute atomic E-state index is 0.137. The molecule has 0 aliphatic rings. The van der Waals surface area contributed by atoms with Crippen LogP contribution in [-0.4, -0.2) is 20.9 Å². The van der Waals surface area contributed by atoms with Crippen molar-refractivity contribution in [1.29, 1.82) is 0 Å². The zero-order chi connectivity index (χ0) is 19.3. The van der Waals surface area contributed by atoms with Crippen molar-refractivity contribution in [2.45, 2.75) is 11.8 Å². The lowest BCUT2D eigenvalue weighted by Gasteiger charge is -2.24. The number of hydrogen-bond donors (Lipinski definition) is 1. The van der Waals surface area contributed by atoms with E-state index in [0.717, 1.165) is 9.87 Å². The minimum atomic E-state index is -3.88. The maximum absolute atomic E-state index is 13.1. The van der Waals surface area contributed by atoms with Crippen LogP contribution in [0.5, 0.6) is 0 Å². The highest BCUT2D eigenvalue weighted by molar-refractivity contribution is 7.92. The third kappa shape index (κ3) is 4.35. The predicted molar refractivity (Wildman–Crippen MR) is 107 cm³/mol. The molecule has 138 valence electrons. The average Bonchev–Trinajstić information content (AvgIpc) is 2.69. The van der Waals surface area contributed by atoms with Crippen molar-refractivity contribution in [3.8, 4) is 0 Å². The Bertz CT molecular complexity index is 1020. The normalized spacial score (nSPS) is 11.0. The summed E-state index contributed by atoms with van der Waals surface area (Å²) in [4.78, 5) is 12.7. The molecule has 3 aromatic rings. The number of anilines is 2. The van der Waals surface area contributed by atoms with Gasteiger partial charge in [0, 0.05) is 5.69 Å². The van der Waals surface area contributed by atoms with Gasteiger partial charge in [-0.15, -0.1) is 0 Å². The van der Waals surface area contributed by atoms with Crippen LogP contribution in [0.15, 0.2) is 89.8 Å². The van der Waals surface area contributed by atoms with Gasteiger partial charge in [-0.2, -0.15) is 0 Å². The molecule has 0 saturated heterocycles. The van der Waals surface area contributed by atoms with Gasteiger partial charge >= 0.3 is 0 Å². The molecule has 0 saturated carbocycles. The number of benzene rings is 3. The summed E-state index contributed by atoms with van der Waals surface area (Å²) in [6.45, 7) is 1.56. The van der Waals surface area contributed by atoms with Crippen LogP contribution < -0.4 is 9.62 Å². The van der Waals surface area contributed by atoms with Gasteiger partial charge in [0.2, 0.25) is 5.91 Å². The lowest BCUT2D eigenvalue weighted by Crippen LogP contribution is -2.38. The summed E-state index contributed by atoms with van der Waals surface area (Å²) < 4.78 is 27.4. The Hall–Kier alpha value is -3.12. The van der Waals surface area contributed by atoms with Gasteiger partial charge in [0.15, 0.2) is 0 Å². The van der Waals surface area contributed by atoms with Crippen molar-refractivity contribution in [3.63, 3.8) is 0 Å². The third-order valence-corrected chi connectivity index (χ3v) is 5.87. The molecule has 0 aliphatic heterocycles. The highest BCUT2D eigenvalue weighted by atomic mass is 32.2. The fraction of sp³-hybridized carbons (Fsp3) is 0.0952. The molecule has 5 nitrogen and oxygen atoms in total. The average molecular weight is 380 g/mol. The number of aryl methyl sites for hydroxylation is 1. The number of rotatable bonds is 6. The quantitative estimate of drug-likeness (QED) is 0.707. The molecule has 0 fully saturated rings. The van der Waals surface area contributed by atoms with Gasteiger partial charge in [-0.3, -0.25) is 9.10 Å². The summed E-state index contributed by atoms with van der Waals surface area (Å²) in [5.74, 6) is -0.410. The van der Waals surface area contributed by atoms with Gasteiger partial charge in [0.1, 0.15) is 6.54 Å². The number of nitrogens with zero attached hydrogens (tertiary/aromatic N) is 1. The molecular weight excluding hydrogens is 360 g/mol. The molecule has 0 aliphatic carbocycles. The molecule has 0 bridgehead atoms. The smallest absolute Gasteiger partial charge is 0.264 e. The van der Waals surface area contributed by atoms with E-state index in [1.807, 2.05) is 25.1 Å². The molecule has 6 heteroatoms.